The van der Waals surface area contributed by atoms with Crippen LogP contribution in [-0.4, -0.2) is 39.0 Å². The maximum absolute atomic E-state index is 11.5. The molecule has 1 aromatic carbocycles. The third kappa shape index (κ3) is 3.25. The SMILES string of the molecule is COc1ccc(C2(O)C[C@H]3CC[C@@H](C2)N3Cc2c(C)nn(C(C)C)c2C)cc1. The molecule has 2 aromatic rings. The maximum atomic E-state index is 11.5. The lowest BCUT2D eigenvalue weighted by atomic mass is 9.80. The monoisotopic (exact) mass is 383 g/mol. The summed E-state index contributed by atoms with van der Waals surface area (Å²) in [5.74, 6) is 0.834. The quantitative estimate of drug-likeness (QED) is 0.844. The molecule has 2 fully saturated rings. The number of aromatic nitrogens is 2. The van der Waals surface area contributed by atoms with E-state index in [-0.39, 0.29) is 0 Å². The maximum Gasteiger partial charge on any atom is 0.118 e. The molecule has 3 atom stereocenters. The lowest BCUT2D eigenvalue weighted by Crippen LogP contribution is -2.49. The predicted molar refractivity (Wildman–Crippen MR) is 111 cm³/mol. The van der Waals surface area contributed by atoms with Crippen LogP contribution in [0.25, 0.3) is 0 Å². The molecule has 0 spiro atoms. The Morgan fingerprint density at radius 1 is 1.14 bits per heavy atom. The zero-order chi connectivity index (χ0) is 20.1. The molecule has 0 saturated carbocycles. The number of benzene rings is 1. The van der Waals surface area contributed by atoms with E-state index in [1.165, 1.54) is 24.1 Å². The van der Waals surface area contributed by atoms with Crippen molar-refractivity contribution >= 4 is 0 Å². The molecule has 3 heterocycles. The molecule has 0 aliphatic carbocycles. The summed E-state index contributed by atoms with van der Waals surface area (Å²) in [4.78, 5) is 2.62. The van der Waals surface area contributed by atoms with E-state index in [0.717, 1.165) is 36.4 Å². The summed E-state index contributed by atoms with van der Waals surface area (Å²) in [7, 11) is 1.67. The molecule has 4 rings (SSSR count). The van der Waals surface area contributed by atoms with Gasteiger partial charge in [0.2, 0.25) is 0 Å². The fourth-order valence-electron chi connectivity index (χ4n) is 5.32. The highest BCUT2D eigenvalue weighted by Crippen LogP contribution is 2.46. The van der Waals surface area contributed by atoms with E-state index in [4.69, 9.17) is 9.84 Å². The lowest BCUT2D eigenvalue weighted by molar-refractivity contribution is -0.0596. The number of methoxy groups -OCH3 is 1. The van der Waals surface area contributed by atoms with Gasteiger partial charge in [-0.2, -0.15) is 5.10 Å². The summed E-state index contributed by atoms with van der Waals surface area (Å²) in [5, 5.41) is 16.2. The average Bonchev–Trinajstić information content (AvgIpc) is 3.09. The largest absolute Gasteiger partial charge is 0.497 e. The highest BCUT2D eigenvalue weighted by Gasteiger charge is 2.48. The van der Waals surface area contributed by atoms with Crippen LogP contribution in [0.3, 0.4) is 0 Å². The van der Waals surface area contributed by atoms with Crippen molar-refractivity contribution in [2.75, 3.05) is 7.11 Å². The Morgan fingerprint density at radius 2 is 1.75 bits per heavy atom. The van der Waals surface area contributed by atoms with Gasteiger partial charge < -0.3 is 9.84 Å². The Bertz CT molecular complexity index is 826. The van der Waals surface area contributed by atoms with Crippen molar-refractivity contribution in [3.05, 3.63) is 46.8 Å². The van der Waals surface area contributed by atoms with Crippen LogP contribution in [-0.2, 0) is 12.1 Å². The Morgan fingerprint density at radius 3 is 2.25 bits per heavy atom. The van der Waals surface area contributed by atoms with Crippen LogP contribution < -0.4 is 4.74 Å². The highest BCUT2D eigenvalue weighted by molar-refractivity contribution is 5.32. The summed E-state index contributed by atoms with van der Waals surface area (Å²) < 4.78 is 7.41. The number of hydrogen-bond donors (Lipinski definition) is 1. The molecule has 152 valence electrons. The molecule has 1 unspecified atom stereocenters. The molecule has 5 heteroatoms. The number of aliphatic hydroxyl groups is 1. The zero-order valence-corrected chi connectivity index (χ0v) is 17.8. The van der Waals surface area contributed by atoms with Crippen LogP contribution in [0.5, 0.6) is 5.75 Å². The minimum Gasteiger partial charge on any atom is -0.497 e. The van der Waals surface area contributed by atoms with Crippen molar-refractivity contribution in [1.29, 1.82) is 0 Å². The van der Waals surface area contributed by atoms with Gasteiger partial charge in [-0.05, 0) is 71.1 Å². The minimum absolute atomic E-state index is 0.380. The highest BCUT2D eigenvalue weighted by atomic mass is 16.5. The molecular weight excluding hydrogens is 350 g/mol. The number of piperidine rings is 1. The Hall–Kier alpha value is -1.85. The molecule has 2 aliphatic rings. The average molecular weight is 384 g/mol. The topological polar surface area (TPSA) is 50.5 Å². The first-order valence-electron chi connectivity index (χ1n) is 10.5. The van der Waals surface area contributed by atoms with Crippen molar-refractivity contribution in [3.8, 4) is 5.75 Å². The van der Waals surface area contributed by atoms with Gasteiger partial charge >= 0.3 is 0 Å². The molecule has 28 heavy (non-hydrogen) atoms. The minimum atomic E-state index is -0.735. The smallest absolute Gasteiger partial charge is 0.118 e. The summed E-state index contributed by atoms with van der Waals surface area (Å²) in [6, 6.07) is 9.18. The summed E-state index contributed by atoms with van der Waals surface area (Å²) in [6.07, 6.45) is 3.93. The van der Waals surface area contributed by atoms with Crippen molar-refractivity contribution < 1.29 is 9.84 Å². The summed E-state index contributed by atoms with van der Waals surface area (Å²) in [6.45, 7) is 9.62. The molecule has 5 nitrogen and oxygen atoms in total. The van der Waals surface area contributed by atoms with Gasteiger partial charge in [0.25, 0.3) is 0 Å². The molecular formula is C23H33N3O2. The van der Waals surface area contributed by atoms with Gasteiger partial charge in [-0.3, -0.25) is 9.58 Å². The Labute approximate surface area is 168 Å². The van der Waals surface area contributed by atoms with Gasteiger partial charge in [-0.15, -0.1) is 0 Å². The van der Waals surface area contributed by atoms with Crippen LogP contribution in [0.1, 0.15) is 68.1 Å². The second kappa shape index (κ2) is 7.20. The molecule has 1 N–H and O–H groups in total. The van der Waals surface area contributed by atoms with Crippen LogP contribution in [0, 0.1) is 13.8 Å². The van der Waals surface area contributed by atoms with Crippen LogP contribution in [0.4, 0.5) is 0 Å². The summed E-state index contributed by atoms with van der Waals surface area (Å²) >= 11 is 0. The van der Waals surface area contributed by atoms with E-state index in [1.807, 2.05) is 24.3 Å². The van der Waals surface area contributed by atoms with E-state index in [9.17, 15) is 5.11 Å². The van der Waals surface area contributed by atoms with Crippen molar-refractivity contribution in [3.63, 3.8) is 0 Å². The zero-order valence-electron chi connectivity index (χ0n) is 17.8. The summed E-state index contributed by atoms with van der Waals surface area (Å²) in [5.41, 5.74) is 4.07. The van der Waals surface area contributed by atoms with Crippen LogP contribution in [0.15, 0.2) is 24.3 Å². The van der Waals surface area contributed by atoms with Crippen LogP contribution in [0.2, 0.25) is 0 Å². The number of nitrogens with zero attached hydrogens (tertiary/aromatic N) is 3. The van der Waals surface area contributed by atoms with Crippen molar-refractivity contribution in [2.24, 2.45) is 0 Å². The predicted octanol–water partition coefficient (Wildman–Crippen LogP) is 4.10. The van der Waals surface area contributed by atoms with Gasteiger partial charge in [0.1, 0.15) is 5.75 Å². The second-order valence-electron chi connectivity index (χ2n) is 8.91. The lowest BCUT2D eigenvalue weighted by Gasteiger charge is -2.44. The first kappa shape index (κ1) is 19.5. The fourth-order valence-corrected chi connectivity index (χ4v) is 5.32. The number of fused-ring (bicyclic) bond motifs is 2. The normalized spacial score (nSPS) is 27.5. The Balaban J connectivity index is 1.54. The number of rotatable bonds is 5. The third-order valence-corrected chi connectivity index (χ3v) is 6.85. The van der Waals surface area contributed by atoms with Gasteiger partial charge in [0, 0.05) is 35.9 Å². The fraction of sp³-hybridized carbons (Fsp3) is 0.609. The number of aryl methyl sites for hydroxylation is 1. The number of ether oxygens (including phenoxy) is 1. The van der Waals surface area contributed by atoms with E-state index in [0.29, 0.717) is 18.1 Å². The van der Waals surface area contributed by atoms with Gasteiger partial charge in [-0.25, -0.2) is 0 Å². The Kier molecular flexibility index (Phi) is 5.00. The van der Waals surface area contributed by atoms with E-state index in [1.54, 1.807) is 7.11 Å². The second-order valence-corrected chi connectivity index (χ2v) is 8.91. The molecule has 1 aromatic heterocycles. The third-order valence-electron chi connectivity index (χ3n) is 6.85. The van der Waals surface area contributed by atoms with Gasteiger partial charge in [-0.1, -0.05) is 12.1 Å². The van der Waals surface area contributed by atoms with Crippen LogP contribution >= 0.6 is 0 Å². The standard InChI is InChI=1S/C23H33N3O2/c1-15(2)26-17(4)22(16(3)24-26)14-25-19-8-9-20(25)13-23(27,12-19)18-6-10-21(28-5)11-7-18/h6-7,10-11,15,19-20,27H,8-9,12-14H2,1-5H3/t19-,20+,23?. The molecule has 2 bridgehead atoms. The van der Waals surface area contributed by atoms with Gasteiger partial charge in [0.15, 0.2) is 0 Å². The number of hydrogen-bond acceptors (Lipinski definition) is 4. The molecule has 2 saturated heterocycles. The molecule has 2 aliphatic heterocycles. The van der Waals surface area contributed by atoms with Crippen molar-refractivity contribution in [2.45, 2.75) is 83.6 Å². The van der Waals surface area contributed by atoms with Gasteiger partial charge in [0.05, 0.1) is 18.4 Å². The molecule has 0 radical (unpaired) electrons. The first-order chi connectivity index (χ1) is 13.3. The van der Waals surface area contributed by atoms with E-state index < -0.39 is 5.60 Å². The first-order valence-corrected chi connectivity index (χ1v) is 10.5. The molecule has 0 amide bonds. The van der Waals surface area contributed by atoms with E-state index in [2.05, 4.69) is 37.3 Å². The van der Waals surface area contributed by atoms with Crippen molar-refractivity contribution in [1.82, 2.24) is 14.7 Å². The van der Waals surface area contributed by atoms with E-state index >= 15 is 0 Å².